The first-order valence-electron chi connectivity index (χ1n) is 12.0. The van der Waals surface area contributed by atoms with E-state index in [1.54, 1.807) is 24.3 Å². The number of carboxylic acids is 1. The first-order chi connectivity index (χ1) is 16.2. The van der Waals surface area contributed by atoms with Crippen molar-refractivity contribution >= 4 is 11.9 Å². The zero-order chi connectivity index (χ0) is 25.1. The summed E-state index contributed by atoms with van der Waals surface area (Å²) in [6.45, 7) is 4.77. The molecule has 34 heavy (non-hydrogen) atoms. The zero-order valence-corrected chi connectivity index (χ0v) is 20.2. The molecule has 0 bridgehead atoms. The Hall–Kier alpha value is -3.06. The van der Waals surface area contributed by atoms with Crippen LogP contribution in [0.25, 0.3) is 0 Å². The molecule has 0 aliphatic heterocycles. The Morgan fingerprint density at radius 1 is 0.912 bits per heavy atom. The summed E-state index contributed by atoms with van der Waals surface area (Å²) in [5, 5.41) is 31.7. The molecule has 7 nitrogen and oxygen atoms in total. The van der Waals surface area contributed by atoms with Gasteiger partial charge in [-0.3, -0.25) is 4.79 Å². The Labute approximate surface area is 202 Å². The number of benzene rings is 2. The van der Waals surface area contributed by atoms with E-state index in [1.165, 1.54) is 0 Å². The molecule has 0 heterocycles. The van der Waals surface area contributed by atoms with E-state index in [2.05, 4.69) is 19.2 Å². The Balaban J connectivity index is 2.23. The topological polar surface area (TPSA) is 133 Å². The molecular formula is C27H38N2O5. The van der Waals surface area contributed by atoms with Crippen molar-refractivity contribution in [3.63, 3.8) is 0 Å². The van der Waals surface area contributed by atoms with Crippen LogP contribution in [0.4, 0.5) is 0 Å². The van der Waals surface area contributed by atoms with Gasteiger partial charge in [-0.15, -0.1) is 0 Å². The molecule has 0 saturated carbocycles. The summed E-state index contributed by atoms with van der Waals surface area (Å²) >= 11 is 0. The van der Waals surface area contributed by atoms with Crippen LogP contribution in [0.15, 0.2) is 48.5 Å². The second kappa shape index (κ2) is 13.0. The van der Waals surface area contributed by atoms with Crippen LogP contribution in [0, 0.1) is 5.92 Å². The first kappa shape index (κ1) is 27.2. The molecule has 1 amide bonds. The van der Waals surface area contributed by atoms with E-state index in [-0.39, 0.29) is 23.8 Å². The Morgan fingerprint density at radius 3 is 1.88 bits per heavy atom. The summed E-state index contributed by atoms with van der Waals surface area (Å²) in [6.07, 6.45) is 3.94. The Morgan fingerprint density at radius 2 is 1.44 bits per heavy atom. The fourth-order valence-corrected chi connectivity index (χ4v) is 4.62. The molecule has 2 aromatic carbocycles. The molecule has 0 spiro atoms. The van der Waals surface area contributed by atoms with Crippen LogP contribution in [0.1, 0.15) is 69.9 Å². The van der Waals surface area contributed by atoms with Crippen molar-refractivity contribution in [1.82, 2.24) is 5.32 Å². The molecule has 0 radical (unpaired) electrons. The third kappa shape index (κ3) is 7.76. The van der Waals surface area contributed by atoms with Gasteiger partial charge >= 0.3 is 5.97 Å². The molecule has 186 valence electrons. The van der Waals surface area contributed by atoms with Gasteiger partial charge in [-0.1, -0.05) is 38.1 Å². The van der Waals surface area contributed by atoms with Crippen LogP contribution >= 0.6 is 0 Å². The number of hydrogen-bond donors (Lipinski definition) is 5. The van der Waals surface area contributed by atoms with Crippen molar-refractivity contribution < 1.29 is 24.9 Å². The van der Waals surface area contributed by atoms with Gasteiger partial charge in [0.1, 0.15) is 17.5 Å². The van der Waals surface area contributed by atoms with Crippen molar-refractivity contribution in [3.8, 4) is 11.5 Å². The summed E-state index contributed by atoms with van der Waals surface area (Å²) in [7, 11) is 0. The molecule has 6 N–H and O–H groups in total. The number of nitrogens with two attached hydrogens (primary N) is 1. The molecule has 2 rings (SSSR count). The van der Waals surface area contributed by atoms with Crippen LogP contribution in [0.5, 0.6) is 11.5 Å². The van der Waals surface area contributed by atoms with E-state index < -0.39 is 17.4 Å². The minimum atomic E-state index is -1.03. The number of phenols is 2. The van der Waals surface area contributed by atoms with Crippen LogP contribution in [-0.2, 0) is 15.0 Å². The van der Waals surface area contributed by atoms with Gasteiger partial charge in [-0.05, 0) is 86.4 Å². The van der Waals surface area contributed by atoms with Crippen molar-refractivity contribution in [2.24, 2.45) is 11.7 Å². The van der Waals surface area contributed by atoms with Crippen molar-refractivity contribution in [2.45, 2.75) is 70.3 Å². The number of amides is 1. The number of nitrogens with one attached hydrogen (secondary N) is 1. The van der Waals surface area contributed by atoms with Gasteiger partial charge in [0.2, 0.25) is 5.91 Å². The van der Waals surface area contributed by atoms with Gasteiger partial charge in [0.25, 0.3) is 0 Å². The predicted octanol–water partition coefficient (Wildman–Crippen LogP) is 4.30. The van der Waals surface area contributed by atoms with Gasteiger partial charge < -0.3 is 26.4 Å². The van der Waals surface area contributed by atoms with Gasteiger partial charge in [-0.2, -0.15) is 0 Å². The van der Waals surface area contributed by atoms with Gasteiger partial charge in [0.05, 0.1) is 0 Å². The maximum absolute atomic E-state index is 12.6. The fraction of sp³-hybridized carbons (Fsp3) is 0.481. The van der Waals surface area contributed by atoms with E-state index in [4.69, 9.17) is 5.73 Å². The molecule has 0 aromatic heterocycles. The highest BCUT2D eigenvalue weighted by atomic mass is 16.4. The molecule has 7 heteroatoms. The average Bonchev–Trinajstić information content (AvgIpc) is 2.78. The van der Waals surface area contributed by atoms with E-state index in [0.29, 0.717) is 38.1 Å². The maximum Gasteiger partial charge on any atom is 0.326 e. The minimum absolute atomic E-state index is 0.182. The lowest BCUT2D eigenvalue weighted by atomic mass is 9.66. The van der Waals surface area contributed by atoms with Crippen molar-refractivity contribution in [3.05, 3.63) is 59.7 Å². The number of hydrogen-bond acceptors (Lipinski definition) is 5. The number of carbonyl (C=O) groups excluding carboxylic acids is 1. The molecule has 0 fully saturated rings. The standard InChI is InChI=1S/C27H38N2O5/c1-19(2)18-27(20-8-12-22(30)13-9-20,21-10-14-23(31)15-11-21)16-5-7-25(32)29-24(26(33)34)6-3-4-17-28/h8-15,19,24,30-31H,3-7,16-18,28H2,1-2H3,(H,29,32)(H,33,34)/t24-/m0/s1. The SMILES string of the molecule is CC(C)CC(CCCC(=O)N[C@@H](CCCCN)C(=O)O)(c1ccc(O)cc1)c1ccc(O)cc1. The normalized spacial score (nSPS) is 12.5. The lowest BCUT2D eigenvalue weighted by molar-refractivity contribution is -0.142. The molecule has 0 aliphatic rings. The maximum atomic E-state index is 12.6. The quantitative estimate of drug-likeness (QED) is 0.262. The van der Waals surface area contributed by atoms with E-state index in [1.807, 2.05) is 24.3 Å². The molecule has 0 aliphatic carbocycles. The molecule has 2 aromatic rings. The van der Waals surface area contributed by atoms with Crippen molar-refractivity contribution in [2.75, 3.05) is 6.54 Å². The number of unbranched alkanes of at least 4 members (excludes halogenated alkanes) is 1. The summed E-state index contributed by atoms with van der Waals surface area (Å²) in [5.41, 5.74) is 7.10. The number of carboxylic acid groups (broad SMARTS) is 1. The molecule has 0 unspecified atom stereocenters. The highest BCUT2D eigenvalue weighted by Gasteiger charge is 2.35. The Bertz CT molecular complexity index is 864. The van der Waals surface area contributed by atoms with Crippen LogP contribution in [0.3, 0.4) is 0 Å². The lowest BCUT2D eigenvalue weighted by Crippen LogP contribution is -2.41. The third-order valence-electron chi connectivity index (χ3n) is 6.18. The van der Waals surface area contributed by atoms with Gasteiger partial charge in [-0.25, -0.2) is 4.79 Å². The zero-order valence-electron chi connectivity index (χ0n) is 20.2. The first-order valence-corrected chi connectivity index (χ1v) is 12.0. The number of carbonyl (C=O) groups is 2. The predicted molar refractivity (Wildman–Crippen MR) is 133 cm³/mol. The highest BCUT2D eigenvalue weighted by Crippen LogP contribution is 2.43. The number of rotatable bonds is 14. The minimum Gasteiger partial charge on any atom is -0.508 e. The summed E-state index contributed by atoms with van der Waals surface area (Å²) in [5.74, 6) is -0.610. The summed E-state index contributed by atoms with van der Waals surface area (Å²) in [4.78, 5) is 24.1. The molecular weight excluding hydrogens is 432 g/mol. The highest BCUT2D eigenvalue weighted by molar-refractivity contribution is 5.83. The summed E-state index contributed by atoms with van der Waals surface area (Å²) in [6, 6.07) is 13.4. The summed E-state index contributed by atoms with van der Waals surface area (Å²) < 4.78 is 0. The number of aromatic hydroxyl groups is 2. The van der Waals surface area contributed by atoms with E-state index >= 15 is 0 Å². The number of aliphatic carboxylic acids is 1. The third-order valence-corrected chi connectivity index (χ3v) is 6.18. The lowest BCUT2D eigenvalue weighted by Gasteiger charge is -2.37. The number of phenolic OH excluding ortho intramolecular Hbond substituents is 2. The van der Waals surface area contributed by atoms with Crippen LogP contribution in [0.2, 0.25) is 0 Å². The molecule has 0 saturated heterocycles. The van der Waals surface area contributed by atoms with Gasteiger partial charge in [0, 0.05) is 11.8 Å². The largest absolute Gasteiger partial charge is 0.508 e. The van der Waals surface area contributed by atoms with E-state index in [0.717, 1.165) is 24.0 Å². The van der Waals surface area contributed by atoms with Crippen LogP contribution in [-0.4, -0.2) is 39.8 Å². The smallest absolute Gasteiger partial charge is 0.326 e. The van der Waals surface area contributed by atoms with Crippen molar-refractivity contribution in [1.29, 1.82) is 0 Å². The average molecular weight is 471 g/mol. The van der Waals surface area contributed by atoms with Crippen LogP contribution < -0.4 is 11.1 Å². The van der Waals surface area contributed by atoms with Gasteiger partial charge in [0.15, 0.2) is 0 Å². The fourth-order valence-electron chi connectivity index (χ4n) is 4.62. The monoisotopic (exact) mass is 470 g/mol. The second-order valence-corrected chi connectivity index (χ2v) is 9.37. The Kier molecular flexibility index (Phi) is 10.4. The van der Waals surface area contributed by atoms with E-state index in [9.17, 15) is 24.9 Å². The molecule has 1 atom stereocenters. The second-order valence-electron chi connectivity index (χ2n) is 9.37.